The fourth-order valence-electron chi connectivity index (χ4n) is 2.88. The Morgan fingerprint density at radius 2 is 1.61 bits per heavy atom. The lowest BCUT2D eigenvalue weighted by Crippen LogP contribution is -2.17. The van der Waals surface area contributed by atoms with Crippen molar-refractivity contribution >= 4 is 5.97 Å². The van der Waals surface area contributed by atoms with Crippen molar-refractivity contribution in [3.05, 3.63) is 36.7 Å². The average Bonchev–Trinajstić information content (AvgIpc) is 2.72. The van der Waals surface area contributed by atoms with Crippen LogP contribution in [-0.2, 0) is 4.79 Å². The second kappa shape index (κ2) is 12.1. The molecule has 152 valence electrons. The van der Waals surface area contributed by atoms with Crippen molar-refractivity contribution in [1.82, 2.24) is 9.97 Å². The molecule has 0 aliphatic rings. The Morgan fingerprint density at radius 3 is 2.25 bits per heavy atom. The summed E-state index contributed by atoms with van der Waals surface area (Å²) in [6.45, 7) is 6.86. The van der Waals surface area contributed by atoms with Gasteiger partial charge in [0.2, 0.25) is 0 Å². The highest BCUT2D eigenvalue weighted by atomic mass is 16.5. The van der Waals surface area contributed by atoms with E-state index in [4.69, 9.17) is 9.47 Å². The molecule has 0 N–H and O–H groups in total. The molecular formula is C23H32N2O3. The highest BCUT2D eigenvalue weighted by molar-refractivity contribution is 5.75. The summed E-state index contributed by atoms with van der Waals surface area (Å²) in [5.74, 6) is 1.57. The van der Waals surface area contributed by atoms with Crippen LogP contribution in [-0.4, -0.2) is 22.5 Å². The van der Waals surface area contributed by atoms with Crippen molar-refractivity contribution in [2.24, 2.45) is 5.92 Å². The predicted molar refractivity (Wildman–Crippen MR) is 111 cm³/mol. The Labute approximate surface area is 168 Å². The van der Waals surface area contributed by atoms with Crippen molar-refractivity contribution in [2.75, 3.05) is 6.61 Å². The number of hydrogen-bond donors (Lipinski definition) is 0. The van der Waals surface area contributed by atoms with Crippen molar-refractivity contribution in [2.45, 2.75) is 65.7 Å². The molecule has 0 saturated carbocycles. The summed E-state index contributed by atoms with van der Waals surface area (Å²) in [7, 11) is 0. The molecule has 0 spiro atoms. The molecule has 0 saturated heterocycles. The molecule has 5 nitrogen and oxygen atoms in total. The van der Waals surface area contributed by atoms with Gasteiger partial charge in [-0.1, -0.05) is 52.9 Å². The zero-order valence-electron chi connectivity index (χ0n) is 17.3. The van der Waals surface area contributed by atoms with Gasteiger partial charge in [-0.3, -0.25) is 4.79 Å². The maximum Gasteiger partial charge on any atom is 0.314 e. The van der Waals surface area contributed by atoms with Gasteiger partial charge in [-0.2, -0.15) is 0 Å². The van der Waals surface area contributed by atoms with E-state index >= 15 is 0 Å². The Kier molecular flexibility index (Phi) is 9.46. The van der Waals surface area contributed by atoms with Gasteiger partial charge < -0.3 is 9.47 Å². The summed E-state index contributed by atoms with van der Waals surface area (Å²) < 4.78 is 11.1. The Hall–Kier alpha value is -2.43. The minimum absolute atomic E-state index is 0.0906. The molecule has 5 heteroatoms. The predicted octanol–water partition coefficient (Wildman–Crippen LogP) is 5.83. The number of ether oxygens (including phenoxy) is 2. The third-order valence-electron chi connectivity index (χ3n) is 4.60. The fourth-order valence-corrected chi connectivity index (χ4v) is 2.88. The van der Waals surface area contributed by atoms with Gasteiger partial charge in [-0.05, 0) is 37.1 Å². The van der Waals surface area contributed by atoms with Gasteiger partial charge >= 0.3 is 5.97 Å². The van der Waals surface area contributed by atoms with Crippen molar-refractivity contribution in [3.8, 4) is 22.9 Å². The van der Waals surface area contributed by atoms with E-state index < -0.39 is 0 Å². The van der Waals surface area contributed by atoms with Crippen LogP contribution in [0.3, 0.4) is 0 Å². The van der Waals surface area contributed by atoms with Crippen molar-refractivity contribution in [3.63, 3.8) is 0 Å². The van der Waals surface area contributed by atoms with E-state index in [1.807, 2.05) is 19.1 Å². The molecule has 2 rings (SSSR count). The first-order chi connectivity index (χ1) is 13.6. The molecule has 0 aliphatic heterocycles. The van der Waals surface area contributed by atoms with Gasteiger partial charge in [0.25, 0.3) is 0 Å². The first-order valence-electron chi connectivity index (χ1n) is 10.4. The van der Waals surface area contributed by atoms with Gasteiger partial charge in [0, 0.05) is 5.56 Å². The molecule has 2 aromatic rings. The lowest BCUT2D eigenvalue weighted by atomic mass is 10.1. The standard InChI is InChI=1S/C23H32N2O3/c1-4-6-7-8-9-15-27-21-16-24-22(25-17-21)19-11-13-20(14-12-19)28-23(26)18(3)10-5-2/h11-14,16-18H,4-10,15H2,1-3H3. The third kappa shape index (κ3) is 7.29. The number of nitrogens with zero attached hydrogens (tertiary/aromatic N) is 2. The van der Waals surface area contributed by atoms with E-state index in [-0.39, 0.29) is 11.9 Å². The number of unbranched alkanes of at least 4 members (excludes halogenated alkanes) is 4. The molecule has 28 heavy (non-hydrogen) atoms. The van der Waals surface area contributed by atoms with Crippen LogP contribution >= 0.6 is 0 Å². The lowest BCUT2D eigenvalue weighted by Gasteiger charge is -2.10. The second-order valence-electron chi connectivity index (χ2n) is 7.14. The van der Waals surface area contributed by atoms with Crippen LogP contribution in [0, 0.1) is 5.92 Å². The molecule has 0 amide bonds. The van der Waals surface area contributed by atoms with Crippen LogP contribution in [0.2, 0.25) is 0 Å². The summed E-state index contributed by atoms with van der Waals surface area (Å²) in [5, 5.41) is 0. The third-order valence-corrected chi connectivity index (χ3v) is 4.60. The highest BCUT2D eigenvalue weighted by Crippen LogP contribution is 2.21. The zero-order chi connectivity index (χ0) is 20.2. The lowest BCUT2D eigenvalue weighted by molar-refractivity contribution is -0.138. The Morgan fingerprint density at radius 1 is 0.929 bits per heavy atom. The SMILES string of the molecule is CCCCCCCOc1cnc(-c2ccc(OC(=O)C(C)CCC)cc2)nc1. The van der Waals surface area contributed by atoms with Crippen LogP contribution in [0.4, 0.5) is 0 Å². The Balaban J connectivity index is 1.84. The number of rotatable bonds is 12. The van der Waals surface area contributed by atoms with Gasteiger partial charge in [0.05, 0.1) is 24.9 Å². The van der Waals surface area contributed by atoms with Gasteiger partial charge in [0.1, 0.15) is 5.75 Å². The highest BCUT2D eigenvalue weighted by Gasteiger charge is 2.14. The van der Waals surface area contributed by atoms with Crippen LogP contribution in [0.1, 0.15) is 65.7 Å². The van der Waals surface area contributed by atoms with Gasteiger partial charge in [-0.15, -0.1) is 0 Å². The fraction of sp³-hybridized carbons (Fsp3) is 0.522. The van der Waals surface area contributed by atoms with E-state index in [0.717, 1.165) is 24.8 Å². The summed E-state index contributed by atoms with van der Waals surface area (Å²) in [4.78, 5) is 20.7. The first kappa shape index (κ1) is 21.9. The molecule has 1 aromatic carbocycles. The molecule has 1 atom stereocenters. The molecule has 0 fully saturated rings. The maximum atomic E-state index is 12.0. The topological polar surface area (TPSA) is 61.3 Å². The van der Waals surface area contributed by atoms with E-state index in [2.05, 4.69) is 23.8 Å². The summed E-state index contributed by atoms with van der Waals surface area (Å²) >= 11 is 0. The molecular weight excluding hydrogens is 352 g/mol. The van der Waals surface area contributed by atoms with E-state index in [1.54, 1.807) is 24.5 Å². The number of benzene rings is 1. The largest absolute Gasteiger partial charge is 0.490 e. The molecule has 1 unspecified atom stereocenters. The number of carbonyl (C=O) groups is 1. The maximum absolute atomic E-state index is 12.0. The van der Waals surface area contributed by atoms with E-state index in [0.29, 0.717) is 23.9 Å². The second-order valence-corrected chi connectivity index (χ2v) is 7.14. The summed E-state index contributed by atoms with van der Waals surface area (Å²) in [6, 6.07) is 7.26. The summed E-state index contributed by atoms with van der Waals surface area (Å²) in [6.07, 6.45) is 11.2. The monoisotopic (exact) mass is 384 g/mol. The number of esters is 1. The van der Waals surface area contributed by atoms with E-state index in [9.17, 15) is 4.79 Å². The molecule has 0 bridgehead atoms. The average molecular weight is 385 g/mol. The van der Waals surface area contributed by atoms with Gasteiger partial charge in [-0.25, -0.2) is 9.97 Å². The van der Waals surface area contributed by atoms with Gasteiger partial charge in [0.15, 0.2) is 11.6 Å². The van der Waals surface area contributed by atoms with Crippen LogP contribution in [0.15, 0.2) is 36.7 Å². The number of aromatic nitrogens is 2. The number of carbonyl (C=O) groups excluding carboxylic acids is 1. The first-order valence-corrected chi connectivity index (χ1v) is 10.4. The van der Waals surface area contributed by atoms with Crippen molar-refractivity contribution in [1.29, 1.82) is 0 Å². The quantitative estimate of drug-likeness (QED) is 0.261. The molecule has 1 aromatic heterocycles. The minimum Gasteiger partial charge on any atom is -0.490 e. The zero-order valence-corrected chi connectivity index (χ0v) is 17.3. The molecule has 0 aliphatic carbocycles. The smallest absolute Gasteiger partial charge is 0.314 e. The summed E-state index contributed by atoms with van der Waals surface area (Å²) in [5.41, 5.74) is 0.868. The molecule has 1 heterocycles. The van der Waals surface area contributed by atoms with Crippen molar-refractivity contribution < 1.29 is 14.3 Å². The Bertz CT molecular complexity index is 699. The normalized spacial score (nSPS) is 11.8. The molecule has 0 radical (unpaired) electrons. The van der Waals surface area contributed by atoms with Crippen LogP contribution in [0.5, 0.6) is 11.5 Å². The van der Waals surface area contributed by atoms with E-state index in [1.165, 1.54) is 25.7 Å². The number of hydrogen-bond acceptors (Lipinski definition) is 5. The van der Waals surface area contributed by atoms with Crippen LogP contribution in [0.25, 0.3) is 11.4 Å². The minimum atomic E-state index is -0.193. The van der Waals surface area contributed by atoms with Crippen LogP contribution < -0.4 is 9.47 Å².